The van der Waals surface area contributed by atoms with Crippen LogP contribution < -0.4 is 0 Å². The number of unbranched alkanes of at least 4 members (excludes halogenated alkanes) is 6. The number of ether oxygens (including phenoxy) is 1. The van der Waals surface area contributed by atoms with E-state index in [1.165, 1.54) is 25.7 Å². The fourth-order valence-corrected chi connectivity index (χ4v) is 3.77. The minimum Gasteiger partial charge on any atom is -0.391 e. The first-order chi connectivity index (χ1) is 12.0. The zero-order valence-corrected chi connectivity index (χ0v) is 16.6. The van der Waals surface area contributed by atoms with Gasteiger partial charge in [-0.2, -0.15) is 0 Å². The van der Waals surface area contributed by atoms with Gasteiger partial charge in [0.15, 0.2) is 0 Å². The highest BCUT2D eigenvalue weighted by Gasteiger charge is 2.44. The Morgan fingerprint density at radius 3 is 2.28 bits per heavy atom. The zero-order valence-electron chi connectivity index (χ0n) is 16.6. The van der Waals surface area contributed by atoms with Gasteiger partial charge < -0.3 is 20.1 Å². The second-order valence-electron chi connectivity index (χ2n) is 7.70. The van der Waals surface area contributed by atoms with Crippen LogP contribution in [-0.2, 0) is 4.74 Å². The topological polar surface area (TPSA) is 73.2 Å². The van der Waals surface area contributed by atoms with Crippen LogP contribution >= 0.6 is 0 Å². The zero-order chi connectivity index (χ0) is 18.7. The Hall–Kier alpha value is -0.200. The maximum Gasteiger partial charge on any atom is 0.102 e. The number of likely N-dealkylation sites (N-methyl/N-ethyl adjacent to an activating group) is 1. The Bertz CT molecular complexity index is 329. The monoisotopic (exact) mass is 359 g/mol. The molecule has 3 N–H and O–H groups in total. The Morgan fingerprint density at radius 2 is 1.60 bits per heavy atom. The largest absolute Gasteiger partial charge is 0.391 e. The van der Waals surface area contributed by atoms with Crippen molar-refractivity contribution in [3.63, 3.8) is 0 Å². The van der Waals surface area contributed by atoms with Crippen molar-refractivity contribution in [2.24, 2.45) is 0 Å². The van der Waals surface area contributed by atoms with Crippen LogP contribution in [0.3, 0.4) is 0 Å². The lowest BCUT2D eigenvalue weighted by molar-refractivity contribution is -0.0834. The first-order valence-corrected chi connectivity index (χ1v) is 10.4. The standard InChI is InChI=1S/C20H41NO4/c1-4-6-8-9-11-13-21(3)19-17(23)14-18(24)20(19)25-15-16(22)12-10-7-5-2/h16-20,22-24H,4-15H2,1-3H3/t16?,17-,18+,19+,20+/m1/s1. The molecule has 1 saturated carbocycles. The number of hydrogen-bond donors (Lipinski definition) is 3. The van der Waals surface area contributed by atoms with Crippen molar-refractivity contribution in [3.05, 3.63) is 0 Å². The lowest BCUT2D eigenvalue weighted by Crippen LogP contribution is -2.48. The van der Waals surface area contributed by atoms with Gasteiger partial charge >= 0.3 is 0 Å². The molecule has 5 nitrogen and oxygen atoms in total. The van der Waals surface area contributed by atoms with E-state index in [2.05, 4.69) is 18.7 Å². The summed E-state index contributed by atoms with van der Waals surface area (Å²) in [7, 11) is 2.00. The summed E-state index contributed by atoms with van der Waals surface area (Å²) < 4.78 is 5.86. The lowest BCUT2D eigenvalue weighted by Gasteiger charge is -2.32. The van der Waals surface area contributed by atoms with E-state index in [0.29, 0.717) is 6.42 Å². The molecular weight excluding hydrogens is 318 g/mol. The van der Waals surface area contributed by atoms with Crippen LogP contribution in [0.25, 0.3) is 0 Å². The van der Waals surface area contributed by atoms with Crippen LogP contribution in [0.1, 0.15) is 78.1 Å². The molecule has 0 amide bonds. The molecule has 5 heteroatoms. The number of aliphatic hydroxyl groups is 3. The highest BCUT2D eigenvalue weighted by molar-refractivity contribution is 4.98. The molecule has 1 aliphatic carbocycles. The van der Waals surface area contributed by atoms with E-state index >= 15 is 0 Å². The van der Waals surface area contributed by atoms with E-state index in [9.17, 15) is 15.3 Å². The number of aliphatic hydroxyl groups excluding tert-OH is 3. The molecule has 0 aromatic carbocycles. The molecule has 1 unspecified atom stereocenters. The van der Waals surface area contributed by atoms with E-state index in [1.54, 1.807) is 0 Å². The summed E-state index contributed by atoms with van der Waals surface area (Å²) in [5.74, 6) is 0. The van der Waals surface area contributed by atoms with Crippen molar-refractivity contribution in [3.8, 4) is 0 Å². The number of rotatable bonds is 14. The Kier molecular flexibility index (Phi) is 11.9. The van der Waals surface area contributed by atoms with E-state index in [1.807, 2.05) is 7.05 Å². The molecule has 0 saturated heterocycles. The van der Waals surface area contributed by atoms with Crippen molar-refractivity contribution < 1.29 is 20.1 Å². The first-order valence-electron chi connectivity index (χ1n) is 10.4. The summed E-state index contributed by atoms with van der Waals surface area (Å²) in [6.45, 7) is 5.49. The summed E-state index contributed by atoms with van der Waals surface area (Å²) >= 11 is 0. The number of nitrogens with zero attached hydrogens (tertiary/aromatic N) is 1. The van der Waals surface area contributed by atoms with Gasteiger partial charge in [0.2, 0.25) is 0 Å². The Morgan fingerprint density at radius 1 is 0.960 bits per heavy atom. The van der Waals surface area contributed by atoms with Crippen LogP contribution in [0.2, 0.25) is 0 Å². The Balaban J connectivity index is 2.40. The molecule has 0 spiro atoms. The second kappa shape index (κ2) is 13.0. The van der Waals surface area contributed by atoms with Gasteiger partial charge in [-0.1, -0.05) is 58.8 Å². The van der Waals surface area contributed by atoms with Crippen LogP contribution in [0.15, 0.2) is 0 Å². The minimum atomic E-state index is -0.662. The lowest BCUT2D eigenvalue weighted by atomic mass is 10.1. The molecule has 1 aliphatic rings. The molecule has 0 aromatic heterocycles. The van der Waals surface area contributed by atoms with Gasteiger partial charge in [0.05, 0.1) is 31.0 Å². The molecule has 5 atom stereocenters. The normalized spacial score (nSPS) is 28.0. The molecule has 150 valence electrons. The molecule has 1 rings (SSSR count). The van der Waals surface area contributed by atoms with E-state index < -0.39 is 24.4 Å². The summed E-state index contributed by atoms with van der Waals surface area (Å²) in [6, 6.07) is -0.191. The van der Waals surface area contributed by atoms with Gasteiger partial charge in [-0.3, -0.25) is 4.90 Å². The summed E-state index contributed by atoms with van der Waals surface area (Å²) in [6.07, 6.45) is 8.25. The second-order valence-corrected chi connectivity index (χ2v) is 7.70. The summed E-state index contributed by atoms with van der Waals surface area (Å²) in [5, 5.41) is 30.6. The van der Waals surface area contributed by atoms with Gasteiger partial charge in [-0.25, -0.2) is 0 Å². The third kappa shape index (κ3) is 8.35. The number of hydrogen-bond acceptors (Lipinski definition) is 5. The van der Waals surface area contributed by atoms with Crippen LogP contribution in [0, 0.1) is 0 Å². The molecule has 1 fully saturated rings. The highest BCUT2D eigenvalue weighted by atomic mass is 16.5. The molecule has 0 radical (unpaired) electrons. The van der Waals surface area contributed by atoms with Crippen molar-refractivity contribution in [2.45, 2.75) is 109 Å². The van der Waals surface area contributed by atoms with Crippen molar-refractivity contribution >= 4 is 0 Å². The molecule has 0 aliphatic heterocycles. The fraction of sp³-hybridized carbons (Fsp3) is 1.00. The van der Waals surface area contributed by atoms with Crippen LogP contribution in [-0.4, -0.2) is 70.9 Å². The first kappa shape index (κ1) is 22.8. The molecule has 0 aromatic rings. The quantitative estimate of drug-likeness (QED) is 0.416. The maximum absolute atomic E-state index is 10.3. The van der Waals surface area contributed by atoms with Gasteiger partial charge in [0.1, 0.15) is 6.10 Å². The molecule has 0 bridgehead atoms. The third-order valence-electron chi connectivity index (χ3n) is 5.34. The van der Waals surface area contributed by atoms with Crippen molar-refractivity contribution in [1.29, 1.82) is 0 Å². The Labute approximate surface area is 154 Å². The molecule has 0 heterocycles. The average molecular weight is 360 g/mol. The van der Waals surface area contributed by atoms with E-state index in [4.69, 9.17) is 4.74 Å². The molecule has 25 heavy (non-hydrogen) atoms. The van der Waals surface area contributed by atoms with Gasteiger partial charge in [0, 0.05) is 6.42 Å². The fourth-order valence-electron chi connectivity index (χ4n) is 3.77. The SMILES string of the molecule is CCCCCCCN(C)[C@@H]1[C@@H](OCC(O)CCCCC)[C@@H](O)C[C@H]1O. The van der Waals surface area contributed by atoms with E-state index in [0.717, 1.165) is 38.6 Å². The summed E-state index contributed by atoms with van der Waals surface area (Å²) in [5.41, 5.74) is 0. The van der Waals surface area contributed by atoms with Gasteiger partial charge in [-0.05, 0) is 26.4 Å². The minimum absolute atomic E-state index is 0.191. The average Bonchev–Trinajstić information content (AvgIpc) is 2.86. The predicted molar refractivity (Wildman–Crippen MR) is 102 cm³/mol. The van der Waals surface area contributed by atoms with Gasteiger partial charge in [-0.15, -0.1) is 0 Å². The van der Waals surface area contributed by atoms with E-state index in [-0.39, 0.29) is 12.6 Å². The maximum atomic E-state index is 10.3. The smallest absolute Gasteiger partial charge is 0.102 e. The highest BCUT2D eigenvalue weighted by Crippen LogP contribution is 2.28. The van der Waals surface area contributed by atoms with Crippen LogP contribution in [0.4, 0.5) is 0 Å². The van der Waals surface area contributed by atoms with Crippen molar-refractivity contribution in [1.82, 2.24) is 4.90 Å². The van der Waals surface area contributed by atoms with Crippen molar-refractivity contribution in [2.75, 3.05) is 20.2 Å². The predicted octanol–water partition coefficient (Wildman–Crippen LogP) is 2.71. The summed E-state index contributed by atoms with van der Waals surface area (Å²) in [4.78, 5) is 2.13. The third-order valence-corrected chi connectivity index (χ3v) is 5.34. The molecular formula is C20H41NO4. The van der Waals surface area contributed by atoms with Gasteiger partial charge in [0.25, 0.3) is 0 Å². The van der Waals surface area contributed by atoms with Crippen LogP contribution in [0.5, 0.6) is 0 Å².